The summed E-state index contributed by atoms with van der Waals surface area (Å²) in [5.74, 6) is -0.591. The number of esters is 1. The van der Waals surface area contributed by atoms with Crippen LogP contribution in [0.2, 0.25) is 0 Å². The number of hydrogen-bond donors (Lipinski definition) is 1. The van der Waals surface area contributed by atoms with Crippen LogP contribution in [0.4, 0.5) is 5.69 Å². The SMILES string of the molecule is COC(=O)C1CN(C(=O)C(C)c2cccc(N)c2)CC1C. The number of nitrogens with two attached hydrogens (primary N) is 1. The fourth-order valence-corrected chi connectivity index (χ4v) is 2.85. The summed E-state index contributed by atoms with van der Waals surface area (Å²) in [6, 6.07) is 7.36. The third-order valence-corrected chi connectivity index (χ3v) is 4.21. The number of methoxy groups -OCH3 is 1. The Kier molecular flexibility index (Phi) is 4.50. The number of benzene rings is 1. The van der Waals surface area contributed by atoms with E-state index in [-0.39, 0.29) is 29.6 Å². The zero-order valence-electron chi connectivity index (χ0n) is 12.7. The summed E-state index contributed by atoms with van der Waals surface area (Å²) >= 11 is 0. The Morgan fingerprint density at radius 1 is 1.38 bits per heavy atom. The molecule has 1 aromatic carbocycles. The van der Waals surface area contributed by atoms with Gasteiger partial charge < -0.3 is 15.4 Å². The van der Waals surface area contributed by atoms with E-state index < -0.39 is 0 Å². The van der Waals surface area contributed by atoms with Gasteiger partial charge in [-0.1, -0.05) is 19.1 Å². The average Bonchev–Trinajstić information content (AvgIpc) is 2.87. The minimum Gasteiger partial charge on any atom is -0.469 e. The molecule has 0 radical (unpaired) electrons. The molecule has 3 unspecified atom stereocenters. The van der Waals surface area contributed by atoms with Crippen LogP contribution < -0.4 is 5.73 Å². The smallest absolute Gasteiger partial charge is 0.310 e. The van der Waals surface area contributed by atoms with Crippen molar-refractivity contribution in [3.05, 3.63) is 29.8 Å². The number of nitrogen functional groups attached to an aromatic ring is 1. The van der Waals surface area contributed by atoms with Crippen molar-refractivity contribution in [2.75, 3.05) is 25.9 Å². The van der Waals surface area contributed by atoms with Crippen molar-refractivity contribution in [2.24, 2.45) is 11.8 Å². The van der Waals surface area contributed by atoms with Crippen molar-refractivity contribution in [3.8, 4) is 0 Å². The average molecular weight is 290 g/mol. The third-order valence-electron chi connectivity index (χ3n) is 4.21. The Bertz CT molecular complexity index is 544. The minimum absolute atomic E-state index is 0.0267. The monoisotopic (exact) mass is 290 g/mol. The summed E-state index contributed by atoms with van der Waals surface area (Å²) in [5.41, 5.74) is 7.31. The molecule has 5 heteroatoms. The molecule has 1 amide bonds. The number of carbonyl (C=O) groups excluding carboxylic acids is 2. The van der Waals surface area contributed by atoms with Crippen LogP contribution in [0.15, 0.2) is 24.3 Å². The summed E-state index contributed by atoms with van der Waals surface area (Å²) in [6.45, 7) is 4.86. The maximum Gasteiger partial charge on any atom is 0.310 e. The molecule has 1 aliphatic heterocycles. The van der Waals surface area contributed by atoms with Crippen molar-refractivity contribution in [1.29, 1.82) is 0 Å². The van der Waals surface area contributed by atoms with Gasteiger partial charge in [-0.05, 0) is 30.5 Å². The molecule has 1 aromatic rings. The van der Waals surface area contributed by atoms with Crippen LogP contribution in [0.3, 0.4) is 0 Å². The molecule has 1 heterocycles. The highest BCUT2D eigenvalue weighted by molar-refractivity contribution is 5.85. The van der Waals surface area contributed by atoms with Gasteiger partial charge in [0, 0.05) is 18.8 Å². The van der Waals surface area contributed by atoms with E-state index >= 15 is 0 Å². The molecule has 1 aliphatic rings. The number of ether oxygens (including phenoxy) is 1. The third kappa shape index (κ3) is 3.17. The second-order valence-corrected chi connectivity index (χ2v) is 5.74. The lowest BCUT2D eigenvalue weighted by atomic mass is 9.99. The highest BCUT2D eigenvalue weighted by Gasteiger charge is 2.38. The Morgan fingerprint density at radius 2 is 2.10 bits per heavy atom. The van der Waals surface area contributed by atoms with Crippen LogP contribution in [-0.4, -0.2) is 37.0 Å². The Hall–Kier alpha value is -2.04. The molecule has 5 nitrogen and oxygen atoms in total. The predicted octanol–water partition coefficient (Wildman–Crippen LogP) is 1.64. The van der Waals surface area contributed by atoms with Crippen LogP contribution in [0.25, 0.3) is 0 Å². The highest BCUT2D eigenvalue weighted by Crippen LogP contribution is 2.28. The van der Waals surface area contributed by atoms with E-state index in [2.05, 4.69) is 0 Å². The highest BCUT2D eigenvalue weighted by atomic mass is 16.5. The molecule has 2 N–H and O–H groups in total. The summed E-state index contributed by atoms with van der Waals surface area (Å²) in [6.07, 6.45) is 0. The van der Waals surface area contributed by atoms with E-state index in [1.165, 1.54) is 7.11 Å². The van der Waals surface area contributed by atoms with Crippen LogP contribution >= 0.6 is 0 Å². The number of amides is 1. The van der Waals surface area contributed by atoms with Crippen LogP contribution in [0.5, 0.6) is 0 Å². The van der Waals surface area contributed by atoms with Crippen molar-refractivity contribution in [1.82, 2.24) is 4.90 Å². The van der Waals surface area contributed by atoms with E-state index in [1.54, 1.807) is 11.0 Å². The van der Waals surface area contributed by atoms with Crippen molar-refractivity contribution in [2.45, 2.75) is 19.8 Å². The molecule has 0 aromatic heterocycles. The van der Waals surface area contributed by atoms with E-state index in [4.69, 9.17) is 10.5 Å². The van der Waals surface area contributed by atoms with Crippen LogP contribution in [0.1, 0.15) is 25.3 Å². The number of anilines is 1. The van der Waals surface area contributed by atoms with Gasteiger partial charge in [0.05, 0.1) is 18.9 Å². The molecule has 1 fully saturated rings. The predicted molar refractivity (Wildman–Crippen MR) is 80.5 cm³/mol. The van der Waals surface area contributed by atoms with Gasteiger partial charge in [0.2, 0.25) is 5.91 Å². The summed E-state index contributed by atoms with van der Waals surface area (Å²) < 4.78 is 4.80. The maximum absolute atomic E-state index is 12.6. The lowest BCUT2D eigenvalue weighted by molar-refractivity contribution is -0.146. The largest absolute Gasteiger partial charge is 0.469 e. The summed E-state index contributed by atoms with van der Waals surface area (Å²) in [5, 5.41) is 0. The quantitative estimate of drug-likeness (QED) is 0.678. The summed E-state index contributed by atoms with van der Waals surface area (Å²) in [7, 11) is 1.38. The van der Waals surface area contributed by atoms with Crippen LogP contribution in [-0.2, 0) is 14.3 Å². The minimum atomic E-state index is -0.267. The first kappa shape index (κ1) is 15.4. The molecule has 0 spiro atoms. The van der Waals surface area contributed by atoms with Crippen molar-refractivity contribution in [3.63, 3.8) is 0 Å². The van der Waals surface area contributed by atoms with Crippen LogP contribution in [0, 0.1) is 11.8 Å². The summed E-state index contributed by atoms with van der Waals surface area (Å²) in [4.78, 5) is 26.0. The standard InChI is InChI=1S/C16H22N2O3/c1-10-8-18(9-14(10)16(20)21-3)15(19)11(2)12-5-4-6-13(17)7-12/h4-7,10-11,14H,8-9,17H2,1-3H3. The van der Waals surface area contributed by atoms with Gasteiger partial charge in [0.15, 0.2) is 0 Å². The van der Waals surface area contributed by atoms with Crippen molar-refractivity contribution >= 4 is 17.6 Å². The van der Waals surface area contributed by atoms with E-state index in [1.807, 2.05) is 32.0 Å². The number of carbonyl (C=O) groups is 2. The molecular formula is C16H22N2O3. The van der Waals surface area contributed by atoms with Gasteiger partial charge in [-0.15, -0.1) is 0 Å². The zero-order valence-corrected chi connectivity index (χ0v) is 12.7. The number of nitrogens with zero attached hydrogens (tertiary/aromatic N) is 1. The van der Waals surface area contributed by atoms with Gasteiger partial charge >= 0.3 is 5.97 Å². The molecule has 0 aliphatic carbocycles. The molecule has 3 atom stereocenters. The van der Waals surface area contributed by atoms with Gasteiger partial charge in [-0.25, -0.2) is 0 Å². The van der Waals surface area contributed by atoms with E-state index in [9.17, 15) is 9.59 Å². The number of rotatable bonds is 3. The molecular weight excluding hydrogens is 268 g/mol. The van der Waals surface area contributed by atoms with E-state index in [0.717, 1.165) is 5.56 Å². The Morgan fingerprint density at radius 3 is 2.71 bits per heavy atom. The van der Waals surface area contributed by atoms with Crippen molar-refractivity contribution < 1.29 is 14.3 Å². The lowest BCUT2D eigenvalue weighted by Crippen LogP contribution is -2.33. The van der Waals surface area contributed by atoms with Gasteiger partial charge in [-0.2, -0.15) is 0 Å². The molecule has 21 heavy (non-hydrogen) atoms. The zero-order chi connectivity index (χ0) is 15.6. The molecule has 114 valence electrons. The van der Waals surface area contributed by atoms with Gasteiger partial charge in [0.25, 0.3) is 0 Å². The fraction of sp³-hybridized carbons (Fsp3) is 0.500. The first-order chi connectivity index (χ1) is 9.93. The normalized spacial score (nSPS) is 22.9. The first-order valence-electron chi connectivity index (χ1n) is 7.16. The van der Waals surface area contributed by atoms with E-state index in [0.29, 0.717) is 18.8 Å². The molecule has 1 saturated heterocycles. The second-order valence-electron chi connectivity index (χ2n) is 5.74. The molecule has 2 rings (SSSR count). The maximum atomic E-state index is 12.6. The number of likely N-dealkylation sites (tertiary alicyclic amines) is 1. The molecule has 0 bridgehead atoms. The van der Waals surface area contributed by atoms with Gasteiger partial charge in [0.1, 0.15) is 0 Å². The Balaban J connectivity index is 2.09. The molecule has 0 saturated carbocycles. The Labute approximate surface area is 125 Å². The fourth-order valence-electron chi connectivity index (χ4n) is 2.85. The topological polar surface area (TPSA) is 72.6 Å². The van der Waals surface area contributed by atoms with Gasteiger partial charge in [-0.3, -0.25) is 9.59 Å². The number of hydrogen-bond acceptors (Lipinski definition) is 4. The lowest BCUT2D eigenvalue weighted by Gasteiger charge is -2.21. The second kappa shape index (κ2) is 6.16. The first-order valence-corrected chi connectivity index (χ1v) is 7.16.